The summed E-state index contributed by atoms with van der Waals surface area (Å²) < 4.78 is 13.5. The highest BCUT2D eigenvalue weighted by atomic mass is 32.2. The third kappa shape index (κ3) is 8.37. The first-order chi connectivity index (χ1) is 22.4. The van der Waals surface area contributed by atoms with E-state index in [1.807, 2.05) is 73.7 Å². The molecule has 1 atom stereocenters. The summed E-state index contributed by atoms with van der Waals surface area (Å²) in [5.74, 6) is -1.49. The highest BCUT2D eigenvalue weighted by Gasteiger charge is 2.27. The number of anilines is 3. The van der Waals surface area contributed by atoms with Crippen molar-refractivity contribution < 1.29 is 18.8 Å². The monoisotopic (exact) mass is 629 g/mol. The molecule has 6 nitrogen and oxygen atoms in total. The number of rotatable bonds is 11. The van der Waals surface area contributed by atoms with Gasteiger partial charge in [0.2, 0.25) is 5.91 Å². The Hall–Kier alpha value is -5.47. The van der Waals surface area contributed by atoms with Gasteiger partial charge < -0.3 is 10.6 Å². The maximum absolute atomic E-state index is 14.0. The zero-order valence-corrected chi connectivity index (χ0v) is 25.9. The summed E-state index contributed by atoms with van der Waals surface area (Å²) in [5, 5.41) is 5.14. The Morgan fingerprint density at radius 1 is 0.761 bits per heavy atom. The first-order valence-corrected chi connectivity index (χ1v) is 15.6. The lowest BCUT2D eigenvalue weighted by Crippen LogP contribution is -2.34. The molecule has 0 aliphatic heterocycles. The fourth-order valence-electron chi connectivity index (χ4n) is 4.69. The van der Waals surface area contributed by atoms with Crippen LogP contribution in [0.15, 0.2) is 150 Å². The third-order valence-corrected chi connectivity index (χ3v) is 8.32. The predicted octanol–water partition coefficient (Wildman–Crippen LogP) is 8.47. The highest BCUT2D eigenvalue weighted by molar-refractivity contribution is 8.00. The average Bonchev–Trinajstić information content (AvgIpc) is 3.09. The molecule has 2 N–H and O–H groups in total. The van der Waals surface area contributed by atoms with Crippen LogP contribution in [0.25, 0.3) is 6.08 Å². The lowest BCUT2D eigenvalue weighted by atomic mass is 10.1. The molecule has 0 saturated carbocycles. The number of halogens is 1. The number of nitrogens with one attached hydrogen (secondary N) is 2. The van der Waals surface area contributed by atoms with E-state index in [1.165, 1.54) is 42.1 Å². The van der Waals surface area contributed by atoms with Crippen LogP contribution in [-0.2, 0) is 9.59 Å². The molecule has 0 heterocycles. The number of thioether (sulfide) groups is 1. The van der Waals surface area contributed by atoms with Crippen molar-refractivity contribution in [2.24, 2.45) is 0 Å². The summed E-state index contributed by atoms with van der Waals surface area (Å²) in [6.45, 7) is 1.97. The lowest BCUT2D eigenvalue weighted by Gasteiger charge is -2.27. The zero-order chi connectivity index (χ0) is 32.3. The second kappa shape index (κ2) is 15.5. The minimum absolute atomic E-state index is 0.0125. The van der Waals surface area contributed by atoms with Crippen LogP contribution in [0.1, 0.15) is 29.3 Å². The summed E-state index contributed by atoms with van der Waals surface area (Å²) in [6.07, 6.45) is 2.06. The maximum atomic E-state index is 14.0. The molecule has 5 aromatic rings. The van der Waals surface area contributed by atoms with Crippen molar-refractivity contribution in [3.05, 3.63) is 162 Å². The number of hydrogen-bond acceptors (Lipinski definition) is 4. The van der Waals surface area contributed by atoms with E-state index in [2.05, 4.69) is 10.6 Å². The van der Waals surface area contributed by atoms with Crippen molar-refractivity contribution in [3.8, 4) is 0 Å². The average molecular weight is 630 g/mol. The van der Waals surface area contributed by atoms with Crippen molar-refractivity contribution in [1.29, 1.82) is 0 Å². The smallest absolute Gasteiger partial charge is 0.272 e. The van der Waals surface area contributed by atoms with Crippen molar-refractivity contribution in [3.63, 3.8) is 0 Å². The van der Waals surface area contributed by atoms with E-state index in [9.17, 15) is 18.8 Å². The van der Waals surface area contributed by atoms with E-state index in [0.29, 0.717) is 23.2 Å². The predicted molar refractivity (Wildman–Crippen MR) is 183 cm³/mol. The van der Waals surface area contributed by atoms with Gasteiger partial charge >= 0.3 is 0 Å². The van der Waals surface area contributed by atoms with Gasteiger partial charge in [-0.05, 0) is 84.8 Å². The van der Waals surface area contributed by atoms with Crippen LogP contribution in [0.3, 0.4) is 0 Å². The van der Waals surface area contributed by atoms with Crippen LogP contribution in [0.4, 0.5) is 21.5 Å². The Kier molecular flexibility index (Phi) is 10.8. The van der Waals surface area contributed by atoms with Crippen LogP contribution < -0.4 is 15.5 Å². The molecule has 230 valence electrons. The summed E-state index contributed by atoms with van der Waals surface area (Å²) in [7, 11) is 0. The number of amides is 3. The van der Waals surface area contributed by atoms with E-state index in [4.69, 9.17) is 0 Å². The Balaban J connectivity index is 1.36. The van der Waals surface area contributed by atoms with Gasteiger partial charge in [-0.25, -0.2) is 4.39 Å². The van der Waals surface area contributed by atoms with Crippen LogP contribution in [0.5, 0.6) is 0 Å². The maximum Gasteiger partial charge on any atom is 0.272 e. The molecule has 0 bridgehead atoms. The van der Waals surface area contributed by atoms with Gasteiger partial charge in [-0.2, -0.15) is 0 Å². The molecular weight excluding hydrogens is 598 g/mol. The van der Waals surface area contributed by atoms with Gasteiger partial charge in [-0.1, -0.05) is 79.7 Å². The topological polar surface area (TPSA) is 78.5 Å². The molecule has 0 radical (unpaired) electrons. The van der Waals surface area contributed by atoms with Crippen LogP contribution in [0, 0.1) is 5.82 Å². The molecule has 46 heavy (non-hydrogen) atoms. The van der Waals surface area contributed by atoms with Gasteiger partial charge in [0.25, 0.3) is 11.8 Å². The van der Waals surface area contributed by atoms with Crippen molar-refractivity contribution >= 4 is 52.6 Å². The van der Waals surface area contributed by atoms with E-state index in [-0.39, 0.29) is 11.6 Å². The lowest BCUT2D eigenvalue weighted by molar-refractivity contribution is -0.117. The first kappa shape index (κ1) is 31.9. The number of carbonyl (C=O) groups excluding carboxylic acids is 3. The number of benzene rings is 5. The minimum atomic E-state index is -0.557. The summed E-state index contributed by atoms with van der Waals surface area (Å²) in [6, 6.07) is 40.4. The summed E-state index contributed by atoms with van der Waals surface area (Å²) >= 11 is 1.41. The minimum Gasteiger partial charge on any atom is -0.321 e. The third-order valence-electron chi connectivity index (χ3n) is 6.98. The van der Waals surface area contributed by atoms with Crippen LogP contribution >= 0.6 is 11.8 Å². The van der Waals surface area contributed by atoms with E-state index in [0.717, 1.165) is 16.3 Å². The molecule has 3 amide bonds. The van der Waals surface area contributed by atoms with Gasteiger partial charge in [-0.3, -0.25) is 19.3 Å². The normalized spacial score (nSPS) is 11.7. The zero-order valence-electron chi connectivity index (χ0n) is 25.1. The van der Waals surface area contributed by atoms with Gasteiger partial charge in [0, 0.05) is 27.5 Å². The molecule has 0 aliphatic carbocycles. The molecule has 0 fully saturated rings. The molecule has 0 aliphatic rings. The van der Waals surface area contributed by atoms with Crippen molar-refractivity contribution in [1.82, 2.24) is 5.32 Å². The second-order valence-corrected chi connectivity index (χ2v) is 11.5. The fourth-order valence-corrected chi connectivity index (χ4v) is 5.74. The molecule has 5 rings (SSSR count). The molecule has 5 aromatic carbocycles. The summed E-state index contributed by atoms with van der Waals surface area (Å²) in [5.41, 5.74) is 2.94. The molecule has 0 saturated heterocycles. The molecule has 0 aromatic heterocycles. The van der Waals surface area contributed by atoms with Gasteiger partial charge in [0.15, 0.2) is 0 Å². The number of para-hydroxylation sites is 2. The molecule has 1 unspecified atom stereocenters. The van der Waals surface area contributed by atoms with Gasteiger partial charge in [-0.15, -0.1) is 11.8 Å². The quantitative estimate of drug-likeness (QED) is 0.114. The Morgan fingerprint density at radius 3 is 1.93 bits per heavy atom. The van der Waals surface area contributed by atoms with E-state index in [1.54, 1.807) is 53.4 Å². The first-order valence-electron chi connectivity index (χ1n) is 14.8. The molecule has 0 spiro atoms. The number of hydrogen-bond donors (Lipinski definition) is 2. The Morgan fingerprint density at radius 2 is 1.35 bits per heavy atom. The van der Waals surface area contributed by atoms with Gasteiger partial charge in [0.05, 0.1) is 5.25 Å². The number of carbonyl (C=O) groups is 3. The van der Waals surface area contributed by atoms with Crippen LogP contribution in [0.2, 0.25) is 0 Å². The Labute approximate surface area is 272 Å². The largest absolute Gasteiger partial charge is 0.321 e. The van der Waals surface area contributed by atoms with E-state index < -0.39 is 22.9 Å². The van der Waals surface area contributed by atoms with Gasteiger partial charge in [0.1, 0.15) is 11.5 Å². The molecule has 8 heteroatoms. The molecular formula is C38H32FN3O3S. The van der Waals surface area contributed by atoms with Crippen molar-refractivity contribution in [2.75, 3.05) is 10.2 Å². The SMILES string of the molecule is CCC(Sc1cccc(NC(=O)/C(=C/c2ccc(F)cc2)NC(=O)c2ccccc2)c1)C(=O)N(c1ccccc1)c1ccccc1. The van der Waals surface area contributed by atoms with E-state index >= 15 is 0 Å². The number of nitrogens with zero attached hydrogens (tertiary/aromatic N) is 1. The van der Waals surface area contributed by atoms with Crippen molar-refractivity contribution in [2.45, 2.75) is 23.5 Å². The summed E-state index contributed by atoms with van der Waals surface area (Å²) in [4.78, 5) is 43.0. The second-order valence-electron chi connectivity index (χ2n) is 10.3. The van der Waals surface area contributed by atoms with Crippen LogP contribution in [-0.4, -0.2) is 23.0 Å². The highest BCUT2D eigenvalue weighted by Crippen LogP contribution is 2.33. The fraction of sp³-hybridized carbons (Fsp3) is 0.0789. The Bertz CT molecular complexity index is 1780. The standard InChI is InChI=1S/C38H32FN3O3S/c1-2-35(38(45)42(31-16-8-4-9-17-31)32-18-10-5-11-19-32)46-33-20-12-15-30(26-33)40-37(44)34(25-27-21-23-29(39)24-22-27)41-36(43)28-13-6-3-7-14-28/h3-26,35H,2H2,1H3,(H,40,44)(H,41,43)/b34-25-.